The van der Waals surface area contributed by atoms with Gasteiger partial charge in [0.15, 0.2) is 30.8 Å². The highest BCUT2D eigenvalue weighted by Crippen LogP contribution is 2.51. The van der Waals surface area contributed by atoms with Gasteiger partial charge in [0, 0.05) is 12.1 Å². The molecule has 20 nitrogen and oxygen atoms in total. The van der Waals surface area contributed by atoms with Crippen LogP contribution in [-0.2, 0) is 43.1 Å². The van der Waals surface area contributed by atoms with Crippen molar-refractivity contribution in [2.75, 3.05) is 59.5 Å². The Morgan fingerprint density at radius 1 is 0.836 bits per heavy atom. The molecule has 0 spiro atoms. The van der Waals surface area contributed by atoms with Gasteiger partial charge < -0.3 is 46.9 Å². The average Bonchev–Trinajstić information content (AvgIpc) is 3.98. The van der Waals surface area contributed by atoms with E-state index in [0.717, 1.165) is 16.7 Å². The summed E-state index contributed by atoms with van der Waals surface area (Å²) in [6.45, 7) is 6.77. The molecule has 6 aromatic rings. The monoisotopic (exact) mass is 1020 g/mol. The SMILES string of the molecule is COc1ccc(C(OCC2OC(n3cnc4c(=O)[nH]c(NC(=O)COc5ccccc5)nc43)C(OCOCOCC#N)C2OP(OCCC#N)N(C(C)C)C(C)C)(c2ccccc2)c2ccc(OC)cc2)cc1. The third-order valence-corrected chi connectivity index (χ3v) is 13.7. The van der Waals surface area contributed by atoms with Crippen LogP contribution in [0.1, 0.15) is 57.0 Å². The molecule has 0 aliphatic carbocycles. The number of carbonyl (C=O) groups excluding carboxylic acids is 1. The molecule has 1 aliphatic rings. The van der Waals surface area contributed by atoms with E-state index in [9.17, 15) is 14.9 Å². The Hall–Kier alpha value is -6.81. The summed E-state index contributed by atoms with van der Waals surface area (Å²) in [6, 6.07) is 37.7. The number of aromatic amines is 1. The van der Waals surface area contributed by atoms with Gasteiger partial charge >= 0.3 is 0 Å². The normalized spacial score (nSPS) is 17.1. The highest BCUT2D eigenvalue weighted by atomic mass is 31.2. The predicted molar refractivity (Wildman–Crippen MR) is 268 cm³/mol. The first kappa shape index (κ1) is 54.0. The van der Waals surface area contributed by atoms with Gasteiger partial charge in [0.05, 0.1) is 52.3 Å². The Morgan fingerprint density at radius 2 is 1.47 bits per heavy atom. The number of anilines is 1. The maximum absolute atomic E-state index is 13.7. The molecular weight excluding hydrogens is 960 g/mol. The summed E-state index contributed by atoms with van der Waals surface area (Å²) >= 11 is 0. The van der Waals surface area contributed by atoms with Crippen LogP contribution in [0, 0.1) is 22.7 Å². The smallest absolute Gasteiger partial charge is 0.280 e. The molecule has 1 amide bonds. The van der Waals surface area contributed by atoms with Crippen LogP contribution in [0.3, 0.4) is 0 Å². The number of aromatic nitrogens is 4. The molecule has 0 saturated carbocycles. The summed E-state index contributed by atoms with van der Waals surface area (Å²) in [4.78, 5) is 38.5. The number of para-hydroxylation sites is 1. The van der Waals surface area contributed by atoms with Crippen molar-refractivity contribution in [3.8, 4) is 29.4 Å². The van der Waals surface area contributed by atoms with Gasteiger partial charge in [-0.05, 0) is 80.8 Å². The maximum Gasteiger partial charge on any atom is 0.280 e. The summed E-state index contributed by atoms with van der Waals surface area (Å²) in [6.07, 6.45) is -2.82. The standard InChI is InChI=1S/C52H59N8O12P/c1-35(2)60(36(3)4)73(70-28-13-26-53)72-46-43(30-69-52(37-14-9-7-10-15-37,38-18-22-40(63-5)23-19-38)39-20-24-41(64-6)25-21-39)71-50(47(46)68-34-66-33-65-29-27-54)59-32-55-45-48(59)57-51(58-49(45)62)56-44(61)31-67-42-16-11-8-12-17-42/h7-12,14-25,32,35-36,43,46-47,50H,13,28-31,33-34H2,1-6H3,(H2,56,57,58,61,62). The lowest BCUT2D eigenvalue weighted by Gasteiger charge is -2.39. The number of nitriles is 2. The van der Waals surface area contributed by atoms with Gasteiger partial charge in [0.1, 0.15) is 54.6 Å². The highest BCUT2D eigenvalue weighted by Gasteiger charge is 2.52. The molecule has 3 heterocycles. The molecule has 5 unspecified atom stereocenters. The third kappa shape index (κ3) is 13.2. The van der Waals surface area contributed by atoms with Gasteiger partial charge in [0.25, 0.3) is 20.0 Å². The second-order valence-corrected chi connectivity index (χ2v) is 18.4. The summed E-state index contributed by atoms with van der Waals surface area (Å²) < 4.78 is 66.1. The molecule has 4 aromatic carbocycles. The Kier molecular flexibility index (Phi) is 19.4. The third-order valence-electron chi connectivity index (χ3n) is 11.6. The lowest BCUT2D eigenvalue weighted by Crippen LogP contribution is -2.43. The molecule has 1 fully saturated rings. The van der Waals surface area contributed by atoms with Gasteiger partial charge in [-0.1, -0.05) is 72.8 Å². The maximum atomic E-state index is 13.7. The first-order valence-electron chi connectivity index (χ1n) is 23.5. The largest absolute Gasteiger partial charge is 0.497 e. The first-order chi connectivity index (χ1) is 35.5. The number of imidazole rings is 1. The van der Waals surface area contributed by atoms with Crippen molar-refractivity contribution >= 4 is 31.5 Å². The number of nitrogens with one attached hydrogen (secondary N) is 2. The Labute approximate surface area is 424 Å². The van der Waals surface area contributed by atoms with E-state index in [1.807, 2.05) is 119 Å². The number of benzene rings is 4. The average molecular weight is 1020 g/mol. The summed E-state index contributed by atoms with van der Waals surface area (Å²) in [5, 5.41) is 21.3. The van der Waals surface area contributed by atoms with E-state index < -0.39 is 50.1 Å². The number of ether oxygens (including phenoxy) is 8. The number of hydrogen-bond acceptors (Lipinski definition) is 17. The number of hydrogen-bond donors (Lipinski definition) is 2. The minimum atomic E-state index is -1.96. The van der Waals surface area contributed by atoms with Gasteiger partial charge in [-0.25, -0.2) is 9.65 Å². The van der Waals surface area contributed by atoms with Gasteiger partial charge in [-0.2, -0.15) is 15.5 Å². The van der Waals surface area contributed by atoms with Crippen LogP contribution in [0.4, 0.5) is 5.95 Å². The second kappa shape index (κ2) is 26.2. The van der Waals surface area contributed by atoms with Crippen LogP contribution in [0.2, 0.25) is 0 Å². The molecular formula is C52H59N8O12P. The number of carbonyl (C=O) groups is 1. The van der Waals surface area contributed by atoms with Crippen LogP contribution in [0.15, 0.2) is 120 Å². The van der Waals surface area contributed by atoms with Crippen molar-refractivity contribution in [1.82, 2.24) is 24.2 Å². The molecule has 2 aromatic heterocycles. The molecule has 0 bridgehead atoms. The van der Waals surface area contributed by atoms with E-state index in [-0.39, 0.29) is 75.6 Å². The zero-order chi connectivity index (χ0) is 51.7. The molecule has 0 radical (unpaired) electrons. The molecule has 73 heavy (non-hydrogen) atoms. The predicted octanol–water partition coefficient (Wildman–Crippen LogP) is 7.58. The summed E-state index contributed by atoms with van der Waals surface area (Å²) in [5.41, 5.74) is 0.341. The number of nitrogens with zero attached hydrogens (tertiary/aromatic N) is 6. The van der Waals surface area contributed by atoms with Crippen LogP contribution < -0.4 is 25.1 Å². The molecule has 1 aliphatic heterocycles. The highest BCUT2D eigenvalue weighted by molar-refractivity contribution is 7.44. The number of amides is 1. The van der Waals surface area contributed by atoms with E-state index in [2.05, 4.69) is 31.0 Å². The van der Waals surface area contributed by atoms with E-state index in [1.165, 1.54) is 10.9 Å². The number of rotatable bonds is 27. The lowest BCUT2D eigenvalue weighted by molar-refractivity contribution is -0.171. The Bertz CT molecular complexity index is 2770. The van der Waals surface area contributed by atoms with E-state index in [4.69, 9.17) is 52.2 Å². The second-order valence-electron chi connectivity index (χ2n) is 17.0. The fourth-order valence-electron chi connectivity index (χ4n) is 8.36. The number of H-pyrrole nitrogens is 1. The van der Waals surface area contributed by atoms with Gasteiger partial charge in [-0.3, -0.25) is 24.5 Å². The number of methoxy groups -OCH3 is 2. The molecule has 21 heteroatoms. The molecule has 1 saturated heterocycles. The van der Waals surface area contributed by atoms with Crippen molar-refractivity contribution in [2.45, 2.75) is 76.3 Å². The van der Waals surface area contributed by atoms with Crippen LogP contribution in [0.5, 0.6) is 17.2 Å². The van der Waals surface area contributed by atoms with Crippen LogP contribution >= 0.6 is 8.53 Å². The van der Waals surface area contributed by atoms with Gasteiger partial charge in [-0.15, -0.1) is 0 Å². The van der Waals surface area contributed by atoms with E-state index in [0.29, 0.717) is 17.2 Å². The lowest BCUT2D eigenvalue weighted by atomic mass is 9.80. The topological polar surface area (TPSA) is 236 Å². The van der Waals surface area contributed by atoms with Gasteiger partial charge in [0.2, 0.25) is 5.95 Å². The van der Waals surface area contributed by atoms with Crippen molar-refractivity contribution in [2.24, 2.45) is 0 Å². The Balaban J connectivity index is 1.35. The summed E-state index contributed by atoms with van der Waals surface area (Å²) in [7, 11) is 1.24. The zero-order valence-corrected chi connectivity index (χ0v) is 42.3. The van der Waals surface area contributed by atoms with Crippen LogP contribution in [0.25, 0.3) is 11.2 Å². The van der Waals surface area contributed by atoms with E-state index in [1.54, 1.807) is 38.5 Å². The van der Waals surface area contributed by atoms with Crippen molar-refractivity contribution in [3.05, 3.63) is 143 Å². The molecule has 7 rings (SSSR count). The minimum Gasteiger partial charge on any atom is -0.497 e. The number of fused-ring (bicyclic) bond motifs is 1. The molecule has 2 N–H and O–H groups in total. The molecule has 5 atom stereocenters. The molecule has 384 valence electrons. The fourth-order valence-corrected chi connectivity index (χ4v) is 10.1. The Morgan fingerprint density at radius 3 is 2.07 bits per heavy atom. The first-order valence-corrected chi connectivity index (χ1v) is 24.6. The van der Waals surface area contributed by atoms with Crippen LogP contribution in [-0.4, -0.2) is 115 Å². The summed E-state index contributed by atoms with van der Waals surface area (Å²) in [5.74, 6) is 1.00. The van der Waals surface area contributed by atoms with E-state index >= 15 is 0 Å². The van der Waals surface area contributed by atoms with Crippen molar-refractivity contribution < 1.29 is 51.7 Å². The minimum absolute atomic E-state index is 0.0360. The quantitative estimate of drug-likeness (QED) is 0.0219. The fraction of sp³-hybridized carbons (Fsp3) is 0.385. The zero-order valence-electron chi connectivity index (χ0n) is 41.4. The van der Waals surface area contributed by atoms with Crippen molar-refractivity contribution in [1.29, 1.82) is 10.5 Å². The van der Waals surface area contributed by atoms with Crippen molar-refractivity contribution in [3.63, 3.8) is 0 Å².